The molecule has 1 amide bonds. The Morgan fingerprint density at radius 2 is 2.00 bits per heavy atom. The van der Waals surface area contributed by atoms with Crippen LogP contribution >= 0.6 is 0 Å². The summed E-state index contributed by atoms with van der Waals surface area (Å²) >= 11 is 0. The predicted molar refractivity (Wildman–Crippen MR) is 68.1 cm³/mol. The molecule has 2 rings (SSSR count). The van der Waals surface area contributed by atoms with E-state index in [1.54, 1.807) is 0 Å². The second-order valence-corrected chi connectivity index (χ2v) is 4.69. The molecule has 17 heavy (non-hydrogen) atoms. The van der Waals surface area contributed by atoms with Crippen LogP contribution in [0, 0.1) is 19.8 Å². The molecule has 0 bridgehead atoms. The topological polar surface area (TPSA) is 38.3 Å². The highest BCUT2D eigenvalue weighted by Gasteiger charge is 2.21. The van der Waals surface area contributed by atoms with Gasteiger partial charge in [0.25, 0.3) is 0 Å². The summed E-state index contributed by atoms with van der Waals surface area (Å²) in [4.78, 5) is 12.1. The van der Waals surface area contributed by atoms with Gasteiger partial charge in [-0.1, -0.05) is 12.1 Å². The lowest BCUT2D eigenvalue weighted by atomic mass is 9.99. The highest BCUT2D eigenvalue weighted by atomic mass is 16.5. The van der Waals surface area contributed by atoms with E-state index in [4.69, 9.17) is 4.74 Å². The van der Waals surface area contributed by atoms with Crippen LogP contribution in [0.25, 0.3) is 0 Å². The average molecular weight is 233 g/mol. The molecule has 0 saturated carbocycles. The van der Waals surface area contributed by atoms with Gasteiger partial charge in [-0.05, 0) is 43.9 Å². The van der Waals surface area contributed by atoms with Gasteiger partial charge in [0.2, 0.25) is 5.91 Å². The number of nitrogens with one attached hydrogen (secondary N) is 1. The highest BCUT2D eigenvalue weighted by Crippen LogP contribution is 2.20. The third-order valence-corrected chi connectivity index (χ3v) is 3.24. The molecule has 1 fully saturated rings. The molecule has 1 aliphatic heterocycles. The van der Waals surface area contributed by atoms with Crippen LogP contribution in [0.15, 0.2) is 18.2 Å². The Bertz CT molecular complexity index is 409. The molecule has 0 spiro atoms. The number of hydrogen-bond acceptors (Lipinski definition) is 2. The van der Waals surface area contributed by atoms with Crippen molar-refractivity contribution in [3.8, 4) is 0 Å². The van der Waals surface area contributed by atoms with Crippen LogP contribution in [-0.2, 0) is 9.53 Å². The molecule has 1 heterocycles. The van der Waals surface area contributed by atoms with E-state index in [0.717, 1.165) is 29.7 Å². The molecule has 0 aliphatic carbocycles. The van der Waals surface area contributed by atoms with E-state index >= 15 is 0 Å². The van der Waals surface area contributed by atoms with Crippen molar-refractivity contribution in [2.24, 2.45) is 5.92 Å². The normalized spacial score (nSPS) is 16.8. The smallest absolute Gasteiger partial charge is 0.227 e. The Kier molecular flexibility index (Phi) is 3.79. The summed E-state index contributed by atoms with van der Waals surface area (Å²) in [5.74, 6) is 0.227. The minimum atomic E-state index is 0.101. The third kappa shape index (κ3) is 3.07. The summed E-state index contributed by atoms with van der Waals surface area (Å²) < 4.78 is 5.26. The van der Waals surface area contributed by atoms with Gasteiger partial charge in [0.1, 0.15) is 0 Å². The monoisotopic (exact) mass is 233 g/mol. The molecule has 3 heteroatoms. The van der Waals surface area contributed by atoms with Crippen molar-refractivity contribution in [3.05, 3.63) is 29.3 Å². The zero-order valence-electron chi connectivity index (χ0n) is 10.5. The van der Waals surface area contributed by atoms with Crippen molar-refractivity contribution in [3.63, 3.8) is 0 Å². The Morgan fingerprint density at radius 3 is 2.71 bits per heavy atom. The van der Waals surface area contributed by atoms with E-state index < -0.39 is 0 Å². The molecular formula is C14H19NO2. The first-order chi connectivity index (χ1) is 8.16. The van der Waals surface area contributed by atoms with Gasteiger partial charge in [0.05, 0.1) is 0 Å². The maximum atomic E-state index is 12.1. The van der Waals surface area contributed by atoms with Gasteiger partial charge in [-0.2, -0.15) is 0 Å². The maximum Gasteiger partial charge on any atom is 0.227 e. The van der Waals surface area contributed by atoms with E-state index in [-0.39, 0.29) is 11.8 Å². The second kappa shape index (κ2) is 5.32. The molecule has 1 aromatic carbocycles. The first kappa shape index (κ1) is 12.1. The SMILES string of the molecule is Cc1ccc(C)c(NC(=O)C2CCOCC2)c1. The third-order valence-electron chi connectivity index (χ3n) is 3.24. The number of carbonyl (C=O) groups is 1. The lowest BCUT2D eigenvalue weighted by Crippen LogP contribution is -2.28. The molecule has 0 atom stereocenters. The molecule has 1 aliphatic rings. The van der Waals surface area contributed by atoms with E-state index in [1.807, 2.05) is 26.0 Å². The summed E-state index contributed by atoms with van der Waals surface area (Å²) in [5, 5.41) is 3.03. The lowest BCUT2D eigenvalue weighted by Gasteiger charge is -2.21. The first-order valence-corrected chi connectivity index (χ1v) is 6.12. The minimum Gasteiger partial charge on any atom is -0.381 e. The van der Waals surface area contributed by atoms with E-state index in [9.17, 15) is 4.79 Å². The number of benzene rings is 1. The van der Waals surface area contributed by atoms with Crippen molar-refractivity contribution in [2.75, 3.05) is 18.5 Å². The van der Waals surface area contributed by atoms with Gasteiger partial charge in [0, 0.05) is 24.8 Å². The minimum absolute atomic E-state index is 0.101. The summed E-state index contributed by atoms with van der Waals surface area (Å²) in [7, 11) is 0. The van der Waals surface area contributed by atoms with Crippen LogP contribution in [0.4, 0.5) is 5.69 Å². The van der Waals surface area contributed by atoms with E-state index in [1.165, 1.54) is 0 Å². The molecule has 92 valence electrons. The van der Waals surface area contributed by atoms with Crippen molar-refractivity contribution >= 4 is 11.6 Å². The van der Waals surface area contributed by atoms with Crippen LogP contribution in [0.1, 0.15) is 24.0 Å². The molecule has 0 radical (unpaired) electrons. The zero-order chi connectivity index (χ0) is 12.3. The predicted octanol–water partition coefficient (Wildman–Crippen LogP) is 2.67. The largest absolute Gasteiger partial charge is 0.381 e. The van der Waals surface area contributed by atoms with Crippen LogP contribution in [0.3, 0.4) is 0 Å². The van der Waals surface area contributed by atoms with Crippen molar-refractivity contribution in [1.82, 2.24) is 0 Å². The number of rotatable bonds is 2. The molecule has 0 unspecified atom stereocenters. The second-order valence-electron chi connectivity index (χ2n) is 4.69. The maximum absolute atomic E-state index is 12.1. The quantitative estimate of drug-likeness (QED) is 0.852. The number of ether oxygens (including phenoxy) is 1. The van der Waals surface area contributed by atoms with Crippen LogP contribution in [-0.4, -0.2) is 19.1 Å². The van der Waals surface area contributed by atoms with Crippen LogP contribution in [0.5, 0.6) is 0 Å². The molecule has 3 nitrogen and oxygen atoms in total. The van der Waals surface area contributed by atoms with Crippen molar-refractivity contribution < 1.29 is 9.53 Å². The van der Waals surface area contributed by atoms with Gasteiger partial charge in [-0.25, -0.2) is 0 Å². The first-order valence-electron chi connectivity index (χ1n) is 6.12. The molecule has 1 N–H and O–H groups in total. The molecular weight excluding hydrogens is 214 g/mol. The van der Waals surface area contributed by atoms with Crippen molar-refractivity contribution in [1.29, 1.82) is 0 Å². The van der Waals surface area contributed by atoms with Gasteiger partial charge >= 0.3 is 0 Å². The zero-order valence-corrected chi connectivity index (χ0v) is 10.5. The number of amides is 1. The Hall–Kier alpha value is -1.35. The Balaban J connectivity index is 2.04. The molecule has 1 saturated heterocycles. The van der Waals surface area contributed by atoms with Gasteiger partial charge in [0.15, 0.2) is 0 Å². The van der Waals surface area contributed by atoms with E-state index in [0.29, 0.717) is 13.2 Å². The van der Waals surface area contributed by atoms with Crippen LogP contribution < -0.4 is 5.32 Å². The summed E-state index contributed by atoms with van der Waals surface area (Å²) in [6.45, 7) is 5.44. The Morgan fingerprint density at radius 1 is 1.29 bits per heavy atom. The van der Waals surface area contributed by atoms with Gasteiger partial charge in [-0.3, -0.25) is 4.79 Å². The summed E-state index contributed by atoms with van der Waals surface area (Å²) in [6, 6.07) is 6.11. The number of aryl methyl sites for hydroxylation is 2. The van der Waals surface area contributed by atoms with Gasteiger partial charge < -0.3 is 10.1 Å². The summed E-state index contributed by atoms with van der Waals surface area (Å²) in [5.41, 5.74) is 3.20. The van der Waals surface area contributed by atoms with Gasteiger partial charge in [-0.15, -0.1) is 0 Å². The molecule has 0 aromatic heterocycles. The summed E-state index contributed by atoms with van der Waals surface area (Å²) in [6.07, 6.45) is 1.66. The van der Waals surface area contributed by atoms with Crippen LogP contribution in [0.2, 0.25) is 0 Å². The molecule has 1 aromatic rings. The Labute approximate surface area is 102 Å². The fraction of sp³-hybridized carbons (Fsp3) is 0.500. The number of carbonyl (C=O) groups excluding carboxylic acids is 1. The number of anilines is 1. The fourth-order valence-corrected chi connectivity index (χ4v) is 2.07. The lowest BCUT2D eigenvalue weighted by molar-refractivity contribution is -0.122. The van der Waals surface area contributed by atoms with Crippen molar-refractivity contribution in [2.45, 2.75) is 26.7 Å². The fourth-order valence-electron chi connectivity index (χ4n) is 2.07. The number of hydrogen-bond donors (Lipinski definition) is 1. The highest BCUT2D eigenvalue weighted by molar-refractivity contribution is 5.93. The average Bonchev–Trinajstić information content (AvgIpc) is 2.35. The van der Waals surface area contributed by atoms with E-state index in [2.05, 4.69) is 11.4 Å². The standard InChI is InChI=1S/C14H19NO2/c1-10-3-4-11(2)13(9-10)15-14(16)12-5-7-17-8-6-12/h3-4,9,12H,5-8H2,1-2H3,(H,15,16).